The summed E-state index contributed by atoms with van der Waals surface area (Å²) in [4.78, 5) is 8.65. The first kappa shape index (κ1) is 18.7. The molecule has 0 unspecified atom stereocenters. The molecule has 1 aromatic heterocycles. The van der Waals surface area contributed by atoms with Gasteiger partial charge in [0, 0.05) is 57.7 Å². The van der Waals surface area contributed by atoms with E-state index in [0.29, 0.717) is 30.2 Å². The molecule has 0 spiro atoms. The largest absolute Gasteiger partial charge is 0.380 e. The average Bonchev–Trinajstić information content (AvgIpc) is 3.15. The zero-order valence-electron chi connectivity index (χ0n) is 16.0. The minimum absolute atomic E-state index is 0.303. The second-order valence-corrected chi connectivity index (χ2v) is 7.23. The highest BCUT2D eigenvalue weighted by molar-refractivity contribution is 5.57. The molecule has 0 saturated carbocycles. The highest BCUT2D eigenvalue weighted by Gasteiger charge is 2.26. The monoisotopic (exact) mass is 380 g/mol. The normalized spacial score (nSPS) is 16.3. The van der Waals surface area contributed by atoms with Gasteiger partial charge in [0.05, 0.1) is 5.69 Å². The van der Waals surface area contributed by atoms with E-state index in [1.807, 2.05) is 18.0 Å². The van der Waals surface area contributed by atoms with E-state index >= 15 is 0 Å². The number of piperazine rings is 1. The Morgan fingerprint density at radius 2 is 1.79 bits per heavy atom. The third-order valence-corrected chi connectivity index (χ3v) is 5.35. The first-order valence-electron chi connectivity index (χ1n) is 9.58. The molecule has 2 aromatic carbocycles. The molecule has 0 amide bonds. The zero-order chi connectivity index (χ0) is 19.5. The van der Waals surface area contributed by atoms with Crippen molar-refractivity contribution < 1.29 is 9.50 Å². The number of imidazole rings is 1. The van der Waals surface area contributed by atoms with Gasteiger partial charge < -0.3 is 14.6 Å². The van der Waals surface area contributed by atoms with E-state index in [4.69, 9.17) is 0 Å². The van der Waals surface area contributed by atoms with Crippen LogP contribution in [0.25, 0.3) is 0 Å². The molecule has 1 N–H and O–H groups in total. The van der Waals surface area contributed by atoms with E-state index in [9.17, 15) is 9.50 Å². The molecule has 0 bridgehead atoms. The van der Waals surface area contributed by atoms with Gasteiger partial charge in [0.2, 0.25) is 0 Å². The van der Waals surface area contributed by atoms with Gasteiger partial charge in [-0.1, -0.05) is 42.5 Å². The van der Waals surface area contributed by atoms with Gasteiger partial charge in [-0.3, -0.25) is 4.90 Å². The molecule has 146 valence electrons. The van der Waals surface area contributed by atoms with Crippen molar-refractivity contribution in [1.29, 1.82) is 0 Å². The predicted molar refractivity (Wildman–Crippen MR) is 108 cm³/mol. The van der Waals surface area contributed by atoms with Gasteiger partial charge in [-0.2, -0.15) is 0 Å². The molecule has 5 nitrogen and oxygen atoms in total. The number of nitrogens with zero attached hydrogens (tertiary/aromatic N) is 4. The molecule has 0 aliphatic carbocycles. The van der Waals surface area contributed by atoms with Gasteiger partial charge in [-0.15, -0.1) is 0 Å². The minimum Gasteiger partial charge on any atom is -0.380 e. The zero-order valence-corrected chi connectivity index (χ0v) is 16.0. The van der Waals surface area contributed by atoms with Crippen molar-refractivity contribution in [1.82, 2.24) is 14.5 Å². The second-order valence-electron chi connectivity index (χ2n) is 7.23. The molecule has 1 saturated heterocycles. The fourth-order valence-electron chi connectivity index (χ4n) is 3.84. The fourth-order valence-corrected chi connectivity index (χ4v) is 3.84. The van der Waals surface area contributed by atoms with Crippen LogP contribution < -0.4 is 4.90 Å². The van der Waals surface area contributed by atoms with Gasteiger partial charge in [0.15, 0.2) is 0 Å². The maximum Gasteiger partial charge on any atom is 0.146 e. The third kappa shape index (κ3) is 3.79. The number of hydrogen-bond acceptors (Lipinski definition) is 4. The summed E-state index contributed by atoms with van der Waals surface area (Å²) >= 11 is 0. The summed E-state index contributed by atoms with van der Waals surface area (Å²) in [7, 11) is 1.83. The Hall–Kier alpha value is -2.70. The van der Waals surface area contributed by atoms with E-state index in [-0.39, 0.29) is 5.82 Å². The van der Waals surface area contributed by atoms with Gasteiger partial charge >= 0.3 is 0 Å². The average molecular weight is 380 g/mol. The highest BCUT2D eigenvalue weighted by atomic mass is 19.1. The first-order valence-corrected chi connectivity index (χ1v) is 9.58. The van der Waals surface area contributed by atoms with Crippen molar-refractivity contribution in [3.8, 4) is 0 Å². The van der Waals surface area contributed by atoms with E-state index in [1.165, 1.54) is 11.6 Å². The highest BCUT2D eigenvalue weighted by Crippen LogP contribution is 2.33. The smallest absolute Gasteiger partial charge is 0.146 e. The lowest BCUT2D eigenvalue weighted by Gasteiger charge is -2.37. The van der Waals surface area contributed by atoms with Gasteiger partial charge in [0.25, 0.3) is 0 Å². The van der Waals surface area contributed by atoms with Crippen LogP contribution >= 0.6 is 0 Å². The van der Waals surface area contributed by atoms with Crippen molar-refractivity contribution >= 4 is 5.69 Å². The lowest BCUT2D eigenvalue weighted by Crippen LogP contribution is -2.46. The number of anilines is 1. The van der Waals surface area contributed by atoms with Crippen molar-refractivity contribution in [3.05, 3.63) is 83.7 Å². The van der Waals surface area contributed by atoms with Crippen LogP contribution in [0.5, 0.6) is 0 Å². The molecule has 2 heterocycles. The molecule has 1 aliphatic heterocycles. The summed E-state index contributed by atoms with van der Waals surface area (Å²) in [6.07, 6.45) is 2.45. The topological polar surface area (TPSA) is 44.5 Å². The third-order valence-electron chi connectivity index (χ3n) is 5.35. The molecule has 1 aliphatic rings. The standard InChI is InChI=1S/C22H25FN4O/c1-25-11-10-24-22(25)21(28)18-8-5-9-19(23)20(18)27-14-12-26(13-15-27)16-17-6-3-2-4-7-17/h2-11,21,28H,12-16H2,1H3/t21-/m0/s1. The van der Waals surface area contributed by atoms with Crippen LogP contribution in [0.3, 0.4) is 0 Å². The second kappa shape index (κ2) is 8.12. The first-order chi connectivity index (χ1) is 13.6. The van der Waals surface area contributed by atoms with E-state index in [1.54, 1.807) is 29.1 Å². The van der Waals surface area contributed by atoms with Crippen LogP contribution in [-0.2, 0) is 13.6 Å². The fraction of sp³-hybridized carbons (Fsp3) is 0.318. The number of aromatic nitrogens is 2. The van der Waals surface area contributed by atoms with Gasteiger partial charge in [0.1, 0.15) is 17.7 Å². The number of halogens is 1. The molecular formula is C22H25FN4O. The molecular weight excluding hydrogens is 355 g/mol. The van der Waals surface area contributed by atoms with Crippen molar-refractivity contribution in [2.75, 3.05) is 31.1 Å². The van der Waals surface area contributed by atoms with Crippen LogP contribution in [0.1, 0.15) is 23.1 Å². The quantitative estimate of drug-likeness (QED) is 0.739. The number of benzene rings is 2. The number of hydrogen-bond donors (Lipinski definition) is 1. The van der Waals surface area contributed by atoms with Crippen LogP contribution in [-0.4, -0.2) is 45.7 Å². The van der Waals surface area contributed by atoms with Gasteiger partial charge in [-0.25, -0.2) is 9.37 Å². The molecule has 1 atom stereocenters. The SMILES string of the molecule is Cn1ccnc1[C@@H](O)c1cccc(F)c1N1CCN(Cc2ccccc2)CC1. The van der Waals surface area contributed by atoms with Crippen LogP contribution in [0, 0.1) is 5.82 Å². The Labute approximate surface area is 164 Å². The van der Waals surface area contributed by atoms with Crippen molar-refractivity contribution in [2.45, 2.75) is 12.6 Å². The Kier molecular flexibility index (Phi) is 5.41. The van der Waals surface area contributed by atoms with Crippen molar-refractivity contribution in [3.63, 3.8) is 0 Å². The summed E-state index contributed by atoms with van der Waals surface area (Å²) in [5.41, 5.74) is 2.33. The molecule has 28 heavy (non-hydrogen) atoms. The Bertz CT molecular complexity index is 919. The molecule has 1 fully saturated rings. The van der Waals surface area contributed by atoms with E-state index < -0.39 is 6.10 Å². The molecule has 3 aromatic rings. The maximum atomic E-state index is 14.8. The lowest BCUT2D eigenvalue weighted by atomic mass is 10.0. The number of aliphatic hydroxyl groups excluding tert-OH is 1. The summed E-state index contributed by atoms with van der Waals surface area (Å²) in [5, 5.41) is 10.9. The van der Waals surface area contributed by atoms with Crippen LogP contribution in [0.4, 0.5) is 10.1 Å². The number of para-hydroxylation sites is 1. The number of aryl methyl sites for hydroxylation is 1. The lowest BCUT2D eigenvalue weighted by molar-refractivity contribution is 0.205. The number of aliphatic hydroxyl groups is 1. The summed E-state index contributed by atoms with van der Waals surface area (Å²) < 4.78 is 16.5. The van der Waals surface area contributed by atoms with Crippen LogP contribution in [0.2, 0.25) is 0 Å². The van der Waals surface area contributed by atoms with Gasteiger partial charge in [-0.05, 0) is 11.6 Å². The van der Waals surface area contributed by atoms with E-state index in [2.05, 4.69) is 34.1 Å². The maximum absolute atomic E-state index is 14.8. The van der Waals surface area contributed by atoms with Crippen molar-refractivity contribution in [2.24, 2.45) is 7.05 Å². The summed E-state index contributed by atoms with van der Waals surface area (Å²) in [5.74, 6) is 0.205. The minimum atomic E-state index is -0.965. The molecule has 0 radical (unpaired) electrons. The van der Waals surface area contributed by atoms with Crippen LogP contribution in [0.15, 0.2) is 60.9 Å². The van der Waals surface area contributed by atoms with E-state index in [0.717, 1.165) is 19.6 Å². The summed E-state index contributed by atoms with van der Waals surface area (Å²) in [6, 6.07) is 15.3. The predicted octanol–water partition coefficient (Wildman–Crippen LogP) is 2.96. The summed E-state index contributed by atoms with van der Waals surface area (Å²) in [6.45, 7) is 4.03. The Morgan fingerprint density at radius 1 is 1.04 bits per heavy atom. The molecule has 4 rings (SSSR count). The number of rotatable bonds is 5. The Balaban J connectivity index is 1.51. The Morgan fingerprint density at radius 3 is 2.46 bits per heavy atom. The molecule has 6 heteroatoms.